The van der Waals surface area contributed by atoms with Crippen molar-refractivity contribution in [3.05, 3.63) is 41.2 Å². The number of pyridine rings is 1. The van der Waals surface area contributed by atoms with E-state index in [4.69, 9.17) is 0 Å². The minimum Gasteiger partial charge on any atom is -0.305 e. The first-order valence-corrected chi connectivity index (χ1v) is 4.99. The van der Waals surface area contributed by atoms with Gasteiger partial charge < -0.3 is 5.32 Å². The second-order valence-corrected chi connectivity index (χ2v) is 3.67. The Bertz CT molecular complexity index is 286. The Morgan fingerprint density at radius 1 is 1.69 bits per heavy atom. The van der Waals surface area contributed by atoms with E-state index in [-0.39, 0.29) is 0 Å². The van der Waals surface area contributed by atoms with Gasteiger partial charge in [-0.1, -0.05) is 12.1 Å². The van der Waals surface area contributed by atoms with Crippen molar-refractivity contribution in [1.82, 2.24) is 10.3 Å². The molecule has 1 N–H and O–H groups in total. The third-order valence-electron chi connectivity index (χ3n) is 1.73. The lowest BCUT2D eigenvalue weighted by Crippen LogP contribution is -2.23. The minimum absolute atomic E-state index is 0.320. The third-order valence-corrected chi connectivity index (χ3v) is 2.17. The molecule has 0 fully saturated rings. The molecule has 3 heteroatoms. The Morgan fingerprint density at radius 2 is 2.46 bits per heavy atom. The van der Waals surface area contributed by atoms with E-state index in [2.05, 4.69) is 39.7 Å². The van der Waals surface area contributed by atoms with Crippen molar-refractivity contribution in [2.45, 2.75) is 19.5 Å². The molecule has 1 atom stereocenters. The molecule has 0 saturated heterocycles. The van der Waals surface area contributed by atoms with Crippen molar-refractivity contribution in [2.75, 3.05) is 0 Å². The fourth-order valence-electron chi connectivity index (χ4n) is 0.898. The number of nitrogens with one attached hydrogen (secondary N) is 1. The highest BCUT2D eigenvalue weighted by Crippen LogP contribution is 2.05. The largest absolute Gasteiger partial charge is 0.305 e. The topological polar surface area (TPSA) is 24.9 Å². The zero-order valence-electron chi connectivity index (χ0n) is 7.63. The van der Waals surface area contributed by atoms with Gasteiger partial charge in [0.05, 0.1) is 5.69 Å². The van der Waals surface area contributed by atoms with Crippen LogP contribution in [0.25, 0.3) is 0 Å². The summed E-state index contributed by atoms with van der Waals surface area (Å²) in [5.74, 6) is 0. The molecule has 70 valence electrons. The highest BCUT2D eigenvalue weighted by molar-refractivity contribution is 9.10. The lowest BCUT2D eigenvalue weighted by molar-refractivity contribution is 0.624. The number of aromatic nitrogens is 1. The predicted octanol–water partition coefficient (Wildman–Crippen LogP) is 2.51. The Kier molecular flexibility index (Phi) is 4.12. The maximum atomic E-state index is 4.30. The molecule has 1 aromatic rings. The molecular formula is C10H13BrN2. The maximum Gasteiger partial charge on any atom is 0.106 e. The van der Waals surface area contributed by atoms with E-state index >= 15 is 0 Å². The average Bonchev–Trinajstić information content (AvgIpc) is 2.14. The number of halogens is 1. The summed E-state index contributed by atoms with van der Waals surface area (Å²) >= 11 is 3.33. The molecule has 2 nitrogen and oxygen atoms in total. The lowest BCUT2D eigenvalue weighted by Gasteiger charge is -2.07. The molecule has 0 aliphatic rings. The van der Waals surface area contributed by atoms with Crippen molar-refractivity contribution in [3.8, 4) is 0 Å². The quantitative estimate of drug-likeness (QED) is 0.647. The van der Waals surface area contributed by atoms with Crippen LogP contribution >= 0.6 is 15.9 Å². The van der Waals surface area contributed by atoms with E-state index in [1.165, 1.54) is 0 Å². The number of nitrogens with zero attached hydrogens (tertiary/aromatic N) is 1. The maximum absolute atomic E-state index is 4.30. The molecule has 13 heavy (non-hydrogen) atoms. The summed E-state index contributed by atoms with van der Waals surface area (Å²) in [7, 11) is 0. The van der Waals surface area contributed by atoms with E-state index in [1.54, 1.807) is 0 Å². The molecule has 0 aliphatic carbocycles. The van der Waals surface area contributed by atoms with Crippen LogP contribution < -0.4 is 5.32 Å². The summed E-state index contributed by atoms with van der Waals surface area (Å²) in [4.78, 5) is 4.30. The zero-order valence-corrected chi connectivity index (χ0v) is 9.21. The second kappa shape index (κ2) is 5.14. The predicted molar refractivity (Wildman–Crippen MR) is 58.4 cm³/mol. The van der Waals surface area contributed by atoms with Crippen molar-refractivity contribution >= 4 is 15.9 Å². The Balaban J connectivity index is 2.49. The Hall–Kier alpha value is -0.670. The summed E-state index contributed by atoms with van der Waals surface area (Å²) in [6.45, 7) is 6.53. The van der Waals surface area contributed by atoms with Crippen LogP contribution in [0.4, 0.5) is 0 Å². The SMILES string of the molecule is C=CC(C)NCc1cccc(Br)n1. The minimum atomic E-state index is 0.320. The highest BCUT2D eigenvalue weighted by atomic mass is 79.9. The lowest BCUT2D eigenvalue weighted by atomic mass is 10.3. The zero-order chi connectivity index (χ0) is 9.68. The first kappa shape index (κ1) is 10.4. The van der Waals surface area contributed by atoms with Gasteiger partial charge in [0, 0.05) is 12.6 Å². The number of hydrogen-bond acceptors (Lipinski definition) is 2. The number of hydrogen-bond donors (Lipinski definition) is 1. The molecule has 1 rings (SSSR count). The van der Waals surface area contributed by atoms with Crippen molar-refractivity contribution < 1.29 is 0 Å². The monoisotopic (exact) mass is 240 g/mol. The summed E-state index contributed by atoms with van der Waals surface area (Å²) in [6.07, 6.45) is 1.87. The fourth-order valence-corrected chi connectivity index (χ4v) is 1.28. The Morgan fingerprint density at radius 3 is 3.08 bits per heavy atom. The van der Waals surface area contributed by atoms with E-state index in [0.717, 1.165) is 16.8 Å². The van der Waals surface area contributed by atoms with Gasteiger partial charge in [-0.3, -0.25) is 0 Å². The second-order valence-electron chi connectivity index (χ2n) is 2.86. The molecule has 1 heterocycles. The van der Waals surface area contributed by atoms with Crippen LogP contribution in [0.1, 0.15) is 12.6 Å². The molecule has 0 aromatic carbocycles. The summed E-state index contributed by atoms with van der Waals surface area (Å²) in [6, 6.07) is 6.21. The molecule has 0 aliphatic heterocycles. The van der Waals surface area contributed by atoms with Crippen molar-refractivity contribution in [3.63, 3.8) is 0 Å². The normalized spacial score (nSPS) is 12.5. The van der Waals surface area contributed by atoms with Gasteiger partial charge in [0.15, 0.2) is 0 Å². The number of rotatable bonds is 4. The first-order valence-electron chi connectivity index (χ1n) is 4.19. The molecule has 0 saturated carbocycles. The van der Waals surface area contributed by atoms with Crippen LogP contribution in [0.5, 0.6) is 0 Å². The van der Waals surface area contributed by atoms with Crippen LogP contribution in [-0.2, 0) is 6.54 Å². The molecular weight excluding hydrogens is 228 g/mol. The van der Waals surface area contributed by atoms with Crippen LogP contribution in [0, 0.1) is 0 Å². The van der Waals surface area contributed by atoms with Gasteiger partial charge in [0.25, 0.3) is 0 Å². The van der Waals surface area contributed by atoms with E-state index in [0.29, 0.717) is 6.04 Å². The van der Waals surface area contributed by atoms with Gasteiger partial charge >= 0.3 is 0 Å². The van der Waals surface area contributed by atoms with Crippen molar-refractivity contribution in [1.29, 1.82) is 0 Å². The first-order chi connectivity index (χ1) is 6.22. The molecule has 1 unspecified atom stereocenters. The van der Waals surface area contributed by atoms with Crippen LogP contribution in [-0.4, -0.2) is 11.0 Å². The molecule has 0 bridgehead atoms. The van der Waals surface area contributed by atoms with Gasteiger partial charge in [-0.2, -0.15) is 0 Å². The van der Waals surface area contributed by atoms with E-state index < -0.39 is 0 Å². The van der Waals surface area contributed by atoms with E-state index in [9.17, 15) is 0 Å². The molecule has 0 amide bonds. The van der Waals surface area contributed by atoms with Crippen LogP contribution in [0.3, 0.4) is 0 Å². The van der Waals surface area contributed by atoms with Crippen LogP contribution in [0.2, 0.25) is 0 Å². The third kappa shape index (κ3) is 3.70. The summed E-state index contributed by atoms with van der Waals surface area (Å²) in [5.41, 5.74) is 1.03. The smallest absolute Gasteiger partial charge is 0.106 e. The fraction of sp³-hybridized carbons (Fsp3) is 0.300. The Labute approximate surface area is 87.2 Å². The molecule has 0 spiro atoms. The highest BCUT2D eigenvalue weighted by Gasteiger charge is 1.97. The van der Waals surface area contributed by atoms with Gasteiger partial charge in [-0.25, -0.2) is 4.98 Å². The van der Waals surface area contributed by atoms with Gasteiger partial charge in [0.2, 0.25) is 0 Å². The van der Waals surface area contributed by atoms with E-state index in [1.807, 2.05) is 24.3 Å². The van der Waals surface area contributed by atoms with Gasteiger partial charge in [-0.15, -0.1) is 6.58 Å². The molecule has 1 aromatic heterocycles. The summed E-state index contributed by atoms with van der Waals surface area (Å²) < 4.78 is 0.873. The standard InChI is InChI=1S/C10H13BrN2/c1-3-8(2)12-7-9-5-4-6-10(11)13-9/h3-6,8,12H,1,7H2,2H3. The summed E-state index contributed by atoms with van der Waals surface area (Å²) in [5, 5.41) is 3.27. The van der Waals surface area contributed by atoms with Crippen LogP contribution in [0.15, 0.2) is 35.5 Å². The van der Waals surface area contributed by atoms with Gasteiger partial charge in [-0.05, 0) is 35.0 Å². The van der Waals surface area contributed by atoms with Crippen molar-refractivity contribution in [2.24, 2.45) is 0 Å². The van der Waals surface area contributed by atoms with Gasteiger partial charge in [0.1, 0.15) is 4.60 Å². The molecule has 0 radical (unpaired) electrons. The average molecular weight is 241 g/mol.